The first-order chi connectivity index (χ1) is 13.2. The number of hydrogen-bond acceptors (Lipinski definition) is 3. The molecule has 27 heavy (non-hydrogen) atoms. The summed E-state index contributed by atoms with van der Waals surface area (Å²) in [6, 6.07) is 15.2. The fourth-order valence-corrected chi connectivity index (χ4v) is 6.31. The molecule has 5 rings (SSSR count). The summed E-state index contributed by atoms with van der Waals surface area (Å²) >= 11 is 0. The van der Waals surface area contributed by atoms with E-state index in [0.717, 1.165) is 31.0 Å². The molecule has 0 aromatic heterocycles. The van der Waals surface area contributed by atoms with E-state index >= 15 is 0 Å². The highest BCUT2D eigenvalue weighted by atomic mass is 16.3. The van der Waals surface area contributed by atoms with Crippen LogP contribution in [0.1, 0.15) is 48.8 Å². The fraction of sp³-hybridized carbons (Fsp3) is 0.500. The van der Waals surface area contributed by atoms with Gasteiger partial charge in [-0.2, -0.15) is 0 Å². The number of aromatic hydroxyl groups is 1. The number of nitrogen functional groups attached to an aromatic ring is 1. The van der Waals surface area contributed by atoms with E-state index in [1.807, 2.05) is 18.2 Å². The van der Waals surface area contributed by atoms with Gasteiger partial charge < -0.3 is 10.8 Å². The predicted octanol–water partition coefficient (Wildman–Crippen LogP) is 4.28. The number of benzene rings is 2. The van der Waals surface area contributed by atoms with Crippen LogP contribution in [0.2, 0.25) is 0 Å². The molecule has 3 aliphatic rings. The summed E-state index contributed by atoms with van der Waals surface area (Å²) in [6.45, 7) is 2.32. The SMILES string of the molecule is Nc1ccc(CCN2CC[C@]34CCCC[C@@H]3[C@H]2Cc2ccc(O)cc24)cc1. The summed E-state index contributed by atoms with van der Waals surface area (Å²) in [4.78, 5) is 2.76. The van der Waals surface area contributed by atoms with Gasteiger partial charge in [0.15, 0.2) is 0 Å². The van der Waals surface area contributed by atoms with E-state index in [4.69, 9.17) is 5.73 Å². The maximum absolute atomic E-state index is 10.1. The quantitative estimate of drug-likeness (QED) is 0.802. The highest BCUT2D eigenvalue weighted by molar-refractivity contribution is 5.45. The van der Waals surface area contributed by atoms with Crippen LogP contribution in [-0.4, -0.2) is 29.1 Å². The number of hydrogen-bond donors (Lipinski definition) is 2. The zero-order chi connectivity index (χ0) is 18.4. The van der Waals surface area contributed by atoms with Gasteiger partial charge in [-0.25, -0.2) is 0 Å². The molecule has 0 unspecified atom stereocenters. The average Bonchev–Trinajstić information content (AvgIpc) is 2.69. The van der Waals surface area contributed by atoms with E-state index in [9.17, 15) is 5.11 Å². The molecular formula is C24H30N2O. The molecule has 1 aliphatic heterocycles. The van der Waals surface area contributed by atoms with Crippen molar-refractivity contribution in [3.63, 3.8) is 0 Å². The van der Waals surface area contributed by atoms with Crippen molar-refractivity contribution in [3.8, 4) is 5.75 Å². The summed E-state index contributed by atoms with van der Waals surface area (Å²) in [5.74, 6) is 1.19. The zero-order valence-corrected chi connectivity index (χ0v) is 16.0. The summed E-state index contributed by atoms with van der Waals surface area (Å²) in [6.07, 6.45) is 8.83. The Hall–Kier alpha value is -2.00. The third-order valence-electron chi connectivity index (χ3n) is 7.60. The molecule has 142 valence electrons. The predicted molar refractivity (Wildman–Crippen MR) is 110 cm³/mol. The first-order valence-electron chi connectivity index (χ1n) is 10.6. The van der Waals surface area contributed by atoms with Crippen LogP contribution in [0, 0.1) is 5.92 Å². The van der Waals surface area contributed by atoms with E-state index in [0.29, 0.717) is 17.2 Å². The lowest BCUT2D eigenvalue weighted by atomic mass is 9.52. The van der Waals surface area contributed by atoms with Crippen molar-refractivity contribution < 1.29 is 5.11 Å². The molecule has 2 aliphatic carbocycles. The summed E-state index contributed by atoms with van der Waals surface area (Å²) in [5, 5.41) is 10.1. The number of anilines is 1. The molecule has 0 spiro atoms. The van der Waals surface area contributed by atoms with E-state index in [-0.39, 0.29) is 0 Å². The zero-order valence-electron chi connectivity index (χ0n) is 16.0. The molecule has 2 bridgehead atoms. The Balaban J connectivity index is 1.42. The minimum absolute atomic E-state index is 0.312. The Morgan fingerprint density at radius 1 is 1.07 bits per heavy atom. The molecule has 2 aromatic carbocycles. The second-order valence-corrected chi connectivity index (χ2v) is 8.90. The first-order valence-corrected chi connectivity index (χ1v) is 10.6. The molecule has 3 atom stereocenters. The van der Waals surface area contributed by atoms with E-state index < -0.39 is 0 Å². The standard InChI is InChI=1S/C24H30N2O/c25-19-7-4-17(5-8-19)10-13-26-14-12-24-11-2-1-3-21(24)23(26)15-18-6-9-20(27)16-22(18)24/h4-9,16,21,23,27H,1-3,10-15,25H2/t21-,23-,24-/m1/s1. The second-order valence-electron chi connectivity index (χ2n) is 8.90. The largest absolute Gasteiger partial charge is 0.508 e. The van der Waals surface area contributed by atoms with Gasteiger partial charge in [-0.3, -0.25) is 4.90 Å². The lowest BCUT2D eigenvalue weighted by Crippen LogP contribution is -2.61. The van der Waals surface area contributed by atoms with Gasteiger partial charge in [0.25, 0.3) is 0 Å². The molecule has 2 fully saturated rings. The summed E-state index contributed by atoms with van der Waals surface area (Å²) in [5.41, 5.74) is 11.3. The second kappa shape index (κ2) is 6.56. The van der Waals surface area contributed by atoms with Crippen molar-refractivity contribution in [3.05, 3.63) is 59.2 Å². The van der Waals surface area contributed by atoms with Gasteiger partial charge in [0.1, 0.15) is 5.75 Å². The topological polar surface area (TPSA) is 49.5 Å². The molecule has 0 radical (unpaired) electrons. The van der Waals surface area contributed by atoms with Crippen LogP contribution < -0.4 is 5.73 Å². The van der Waals surface area contributed by atoms with Gasteiger partial charge >= 0.3 is 0 Å². The van der Waals surface area contributed by atoms with Crippen molar-refractivity contribution >= 4 is 5.69 Å². The highest BCUT2D eigenvalue weighted by Crippen LogP contribution is 2.56. The summed E-state index contributed by atoms with van der Waals surface area (Å²) in [7, 11) is 0. The van der Waals surface area contributed by atoms with E-state index in [2.05, 4.69) is 29.2 Å². The fourth-order valence-electron chi connectivity index (χ4n) is 6.31. The Kier molecular flexibility index (Phi) is 4.16. The van der Waals surface area contributed by atoms with Crippen molar-refractivity contribution in [2.45, 2.75) is 56.4 Å². The number of likely N-dealkylation sites (tertiary alicyclic amines) is 1. The molecule has 3 N–H and O–H groups in total. The minimum atomic E-state index is 0.312. The molecular weight excluding hydrogens is 332 g/mol. The van der Waals surface area contributed by atoms with Crippen LogP contribution in [-0.2, 0) is 18.3 Å². The van der Waals surface area contributed by atoms with Crippen LogP contribution in [0.4, 0.5) is 5.69 Å². The van der Waals surface area contributed by atoms with E-state index in [1.54, 1.807) is 0 Å². The van der Waals surface area contributed by atoms with Crippen LogP contribution in [0.25, 0.3) is 0 Å². The number of nitrogens with two attached hydrogens (primary N) is 1. The Bertz CT molecular complexity index is 831. The summed E-state index contributed by atoms with van der Waals surface area (Å²) < 4.78 is 0. The van der Waals surface area contributed by atoms with Gasteiger partial charge in [-0.15, -0.1) is 0 Å². The number of piperidine rings is 1. The van der Waals surface area contributed by atoms with E-state index in [1.165, 1.54) is 55.3 Å². The molecule has 0 amide bonds. The molecule has 2 aromatic rings. The van der Waals surface area contributed by atoms with Gasteiger partial charge in [-0.1, -0.05) is 31.0 Å². The molecule has 3 nitrogen and oxygen atoms in total. The number of fused-ring (bicyclic) bond motifs is 1. The van der Waals surface area contributed by atoms with Gasteiger partial charge in [0.05, 0.1) is 0 Å². The number of phenols is 1. The van der Waals surface area contributed by atoms with Crippen molar-refractivity contribution in [1.82, 2.24) is 4.90 Å². The van der Waals surface area contributed by atoms with Crippen molar-refractivity contribution in [2.75, 3.05) is 18.8 Å². The Morgan fingerprint density at radius 2 is 1.93 bits per heavy atom. The number of phenolic OH excluding ortho intramolecular Hbond substituents is 1. The average molecular weight is 363 g/mol. The lowest BCUT2D eigenvalue weighted by Gasteiger charge is -2.59. The van der Waals surface area contributed by atoms with Gasteiger partial charge in [0.2, 0.25) is 0 Å². The third kappa shape index (κ3) is 2.84. The van der Waals surface area contributed by atoms with Crippen LogP contribution >= 0.6 is 0 Å². The van der Waals surface area contributed by atoms with Gasteiger partial charge in [-0.05, 0) is 85.5 Å². The molecule has 1 heterocycles. The Labute approximate surface area is 162 Å². The monoisotopic (exact) mass is 362 g/mol. The normalized spacial score (nSPS) is 29.8. The molecule has 1 saturated heterocycles. The van der Waals surface area contributed by atoms with Crippen LogP contribution in [0.3, 0.4) is 0 Å². The van der Waals surface area contributed by atoms with Crippen molar-refractivity contribution in [2.24, 2.45) is 5.92 Å². The van der Waals surface area contributed by atoms with Crippen LogP contribution in [0.15, 0.2) is 42.5 Å². The lowest BCUT2D eigenvalue weighted by molar-refractivity contribution is -0.0106. The smallest absolute Gasteiger partial charge is 0.115 e. The van der Waals surface area contributed by atoms with Crippen molar-refractivity contribution in [1.29, 1.82) is 0 Å². The third-order valence-corrected chi connectivity index (χ3v) is 7.60. The highest BCUT2D eigenvalue weighted by Gasteiger charge is 2.53. The molecule has 1 saturated carbocycles. The minimum Gasteiger partial charge on any atom is -0.508 e. The maximum atomic E-state index is 10.1. The maximum Gasteiger partial charge on any atom is 0.115 e. The molecule has 3 heteroatoms. The number of nitrogens with zero attached hydrogens (tertiary/aromatic N) is 1. The van der Waals surface area contributed by atoms with Gasteiger partial charge in [0, 0.05) is 23.7 Å². The first kappa shape index (κ1) is 17.1. The van der Waals surface area contributed by atoms with Crippen LogP contribution in [0.5, 0.6) is 5.75 Å². The number of rotatable bonds is 3. The Morgan fingerprint density at radius 3 is 2.78 bits per heavy atom.